The maximum absolute atomic E-state index is 13.6. The van der Waals surface area contributed by atoms with Crippen molar-refractivity contribution in [2.24, 2.45) is 0 Å². The topological polar surface area (TPSA) is 136 Å². The first-order valence-electron chi connectivity index (χ1n) is 15.8. The molecule has 11 heteroatoms. The molecule has 3 aliphatic rings. The number of hydrogen-bond donors (Lipinski definition) is 1. The fourth-order valence-electron chi connectivity index (χ4n) is 6.52. The van der Waals surface area contributed by atoms with E-state index in [1.54, 1.807) is 38.5 Å². The van der Waals surface area contributed by atoms with E-state index < -0.39 is 17.6 Å². The molecule has 0 amide bonds. The first-order valence-corrected chi connectivity index (χ1v) is 15.8. The molecule has 3 aliphatic heterocycles. The number of aromatic hydroxyl groups is 1. The first kappa shape index (κ1) is 32.0. The van der Waals surface area contributed by atoms with Gasteiger partial charge in [0.25, 0.3) is 0 Å². The van der Waals surface area contributed by atoms with E-state index in [2.05, 4.69) is 0 Å². The Balaban J connectivity index is 0.000000171. The van der Waals surface area contributed by atoms with Gasteiger partial charge in [0.1, 0.15) is 63.8 Å². The van der Waals surface area contributed by atoms with E-state index in [9.17, 15) is 14.7 Å². The van der Waals surface area contributed by atoms with E-state index in [0.717, 1.165) is 22.3 Å². The summed E-state index contributed by atoms with van der Waals surface area (Å²) >= 11 is 0. The second-order valence-electron chi connectivity index (χ2n) is 12.9. The minimum absolute atomic E-state index is 0.158. The van der Waals surface area contributed by atoms with Crippen LogP contribution >= 0.6 is 0 Å². The standard InChI is InChI=1S/C23H22O7.C15H14O4/c1-23(2)6-5-11-15(30-23)8-13(24)20-21(25)19-12-7-16(26-3)17(27-4)9-14(12)28-10-18(19)29-22(11)20;1-8(2)14-15(17-3)10-6-9-4-5-13(16)18-11(9)7-12(10)19-14/h5-9,18-19,24H,10H2,1-4H3;4-8H,1-3H3. The van der Waals surface area contributed by atoms with Crippen LogP contribution in [0, 0.1) is 0 Å². The molecule has 49 heavy (non-hydrogen) atoms. The van der Waals surface area contributed by atoms with Crippen LogP contribution in [-0.2, 0) is 0 Å². The zero-order chi connectivity index (χ0) is 34.8. The summed E-state index contributed by atoms with van der Waals surface area (Å²) in [7, 11) is 4.70. The van der Waals surface area contributed by atoms with Gasteiger partial charge in [-0.15, -0.1) is 0 Å². The number of fused-ring (bicyclic) bond motifs is 8. The monoisotopic (exact) mass is 668 g/mol. The lowest BCUT2D eigenvalue weighted by molar-refractivity contribution is 0.0547. The molecule has 1 N–H and O–H groups in total. The summed E-state index contributed by atoms with van der Waals surface area (Å²) in [6.07, 6.45) is 3.23. The number of carbonyl (C=O) groups is 1. The van der Waals surface area contributed by atoms with Crippen LogP contribution in [0.4, 0.5) is 0 Å². The number of phenolic OH excluding ortho intramolecular Hbond substituents is 1. The van der Waals surface area contributed by atoms with E-state index in [0.29, 0.717) is 51.0 Å². The molecule has 254 valence electrons. The number of furan rings is 1. The summed E-state index contributed by atoms with van der Waals surface area (Å²) in [4.78, 5) is 24.8. The number of rotatable bonds is 4. The number of phenols is 1. The average Bonchev–Trinajstić information content (AvgIpc) is 3.43. The SMILES string of the molecule is COc1c(C(C)C)oc2cc3oc(=O)ccc3cc12.COc1cc2c(cc1OC)C1C(=O)c3c(O)cc4c(c3OC1CO2)C=CC(C)(C)O4. The Kier molecular flexibility index (Phi) is 7.73. The second-order valence-corrected chi connectivity index (χ2v) is 12.9. The van der Waals surface area contributed by atoms with Crippen molar-refractivity contribution in [2.75, 3.05) is 27.9 Å². The normalized spacial score (nSPS) is 18.2. The van der Waals surface area contributed by atoms with Crippen molar-refractivity contribution in [1.82, 2.24) is 0 Å². The smallest absolute Gasteiger partial charge is 0.336 e. The van der Waals surface area contributed by atoms with Gasteiger partial charge in [0.15, 0.2) is 23.0 Å². The maximum Gasteiger partial charge on any atom is 0.336 e. The van der Waals surface area contributed by atoms with Crippen LogP contribution in [0.2, 0.25) is 0 Å². The molecule has 0 aliphatic carbocycles. The third-order valence-electron chi connectivity index (χ3n) is 8.85. The molecule has 5 heterocycles. The van der Waals surface area contributed by atoms with E-state index >= 15 is 0 Å². The lowest BCUT2D eigenvalue weighted by atomic mass is 9.80. The summed E-state index contributed by atoms with van der Waals surface area (Å²) in [6.45, 7) is 8.11. The van der Waals surface area contributed by atoms with Crippen LogP contribution in [0.1, 0.15) is 66.8 Å². The number of Topliss-reactive ketones (excluding diaryl/α,β-unsaturated/α-hetero) is 1. The molecule has 0 saturated heterocycles. The molecular formula is C38H36O11. The molecule has 0 spiro atoms. The van der Waals surface area contributed by atoms with Gasteiger partial charge in [-0.05, 0) is 44.2 Å². The van der Waals surface area contributed by atoms with Gasteiger partial charge in [-0.3, -0.25) is 4.79 Å². The molecule has 2 unspecified atom stereocenters. The van der Waals surface area contributed by atoms with Crippen LogP contribution < -0.4 is 34.0 Å². The van der Waals surface area contributed by atoms with E-state index in [4.69, 9.17) is 37.3 Å². The van der Waals surface area contributed by atoms with E-state index in [1.165, 1.54) is 19.2 Å². The summed E-state index contributed by atoms with van der Waals surface area (Å²) in [5.41, 5.74) is 1.75. The van der Waals surface area contributed by atoms with Crippen LogP contribution in [0.15, 0.2) is 62.2 Å². The Morgan fingerprint density at radius 1 is 0.898 bits per heavy atom. The Hall–Kier alpha value is -5.58. The Bertz CT molecular complexity index is 2220. The van der Waals surface area contributed by atoms with E-state index in [-0.39, 0.29) is 35.2 Å². The number of benzene rings is 3. The Morgan fingerprint density at radius 2 is 1.65 bits per heavy atom. The summed E-state index contributed by atoms with van der Waals surface area (Å²) < 4.78 is 45.2. The zero-order valence-electron chi connectivity index (χ0n) is 28.2. The first-order chi connectivity index (χ1) is 23.4. The molecule has 0 radical (unpaired) electrons. The fourth-order valence-corrected chi connectivity index (χ4v) is 6.52. The van der Waals surface area contributed by atoms with Gasteiger partial charge in [0, 0.05) is 41.1 Å². The molecule has 2 aromatic heterocycles. The molecule has 3 aromatic carbocycles. The fraction of sp³-hybridized carbons (Fsp3) is 0.316. The molecule has 0 saturated carbocycles. The zero-order valence-corrected chi connectivity index (χ0v) is 28.2. The van der Waals surface area contributed by atoms with Crippen LogP contribution in [0.25, 0.3) is 28.0 Å². The van der Waals surface area contributed by atoms with Gasteiger partial charge in [0.2, 0.25) is 0 Å². The summed E-state index contributed by atoms with van der Waals surface area (Å²) in [5, 5.41) is 12.4. The van der Waals surface area contributed by atoms with Gasteiger partial charge in [-0.2, -0.15) is 0 Å². The Morgan fingerprint density at radius 3 is 2.37 bits per heavy atom. The van der Waals surface area contributed by atoms with Crippen molar-refractivity contribution in [2.45, 2.75) is 51.2 Å². The van der Waals surface area contributed by atoms with Crippen LogP contribution in [0.3, 0.4) is 0 Å². The van der Waals surface area contributed by atoms with Crippen LogP contribution in [0.5, 0.6) is 40.2 Å². The highest BCUT2D eigenvalue weighted by Crippen LogP contribution is 2.52. The summed E-state index contributed by atoms with van der Waals surface area (Å²) in [6, 6.07) is 11.7. The summed E-state index contributed by atoms with van der Waals surface area (Å²) in [5.74, 6) is 3.11. The second kappa shape index (κ2) is 11.8. The van der Waals surface area contributed by atoms with Gasteiger partial charge in [-0.25, -0.2) is 4.79 Å². The molecule has 11 nitrogen and oxygen atoms in total. The Labute approximate surface area is 281 Å². The van der Waals surface area contributed by atoms with Crippen molar-refractivity contribution < 1.29 is 47.2 Å². The highest BCUT2D eigenvalue weighted by molar-refractivity contribution is 6.08. The third kappa shape index (κ3) is 5.39. The maximum atomic E-state index is 13.6. The highest BCUT2D eigenvalue weighted by atomic mass is 16.5. The van der Waals surface area contributed by atoms with Crippen molar-refractivity contribution in [1.29, 1.82) is 0 Å². The minimum atomic E-state index is -0.630. The number of ketones is 1. The molecule has 0 fully saturated rings. The largest absolute Gasteiger partial charge is 0.507 e. The van der Waals surface area contributed by atoms with Crippen molar-refractivity contribution in [3.8, 4) is 40.2 Å². The predicted molar refractivity (Wildman–Crippen MR) is 181 cm³/mol. The van der Waals surface area contributed by atoms with Crippen LogP contribution in [-0.4, -0.2) is 50.5 Å². The quantitative estimate of drug-likeness (QED) is 0.192. The lowest BCUT2D eigenvalue weighted by Crippen LogP contribution is -2.43. The minimum Gasteiger partial charge on any atom is -0.507 e. The average molecular weight is 669 g/mol. The number of hydrogen-bond acceptors (Lipinski definition) is 11. The third-order valence-corrected chi connectivity index (χ3v) is 8.85. The number of carbonyl (C=O) groups excluding carboxylic acids is 1. The molecule has 8 rings (SSSR count). The van der Waals surface area contributed by atoms with E-state index in [1.807, 2.05) is 45.9 Å². The van der Waals surface area contributed by atoms with Crippen molar-refractivity contribution in [3.05, 3.63) is 81.4 Å². The number of methoxy groups -OCH3 is 3. The predicted octanol–water partition coefficient (Wildman–Crippen LogP) is 7.38. The number of ether oxygens (including phenoxy) is 6. The highest BCUT2D eigenvalue weighted by Gasteiger charge is 2.46. The lowest BCUT2D eigenvalue weighted by Gasteiger charge is -2.39. The molecular weight excluding hydrogens is 632 g/mol. The van der Waals surface area contributed by atoms with Crippen molar-refractivity contribution in [3.63, 3.8) is 0 Å². The van der Waals surface area contributed by atoms with Gasteiger partial charge >= 0.3 is 5.63 Å². The van der Waals surface area contributed by atoms with Gasteiger partial charge < -0.3 is 42.4 Å². The van der Waals surface area contributed by atoms with Crippen molar-refractivity contribution >= 4 is 33.8 Å². The molecule has 0 bridgehead atoms. The van der Waals surface area contributed by atoms with Gasteiger partial charge in [-0.1, -0.05) is 13.8 Å². The molecule has 5 aromatic rings. The molecule has 2 atom stereocenters. The van der Waals surface area contributed by atoms with Gasteiger partial charge in [0.05, 0.1) is 38.2 Å².